The first-order chi connectivity index (χ1) is 6.50. The summed E-state index contributed by atoms with van der Waals surface area (Å²) >= 11 is -1.91. The summed E-state index contributed by atoms with van der Waals surface area (Å²) in [4.78, 5) is 0. The molecule has 0 bridgehead atoms. The molecule has 1 aliphatic carbocycles. The highest BCUT2D eigenvalue weighted by molar-refractivity contribution is 7.30. The van der Waals surface area contributed by atoms with Crippen LogP contribution < -0.4 is 0 Å². The van der Waals surface area contributed by atoms with E-state index in [2.05, 4.69) is 20.8 Å². The van der Waals surface area contributed by atoms with Crippen molar-refractivity contribution in [2.45, 2.75) is 46.1 Å². The molecule has 0 aliphatic heterocycles. The Hall–Kier alpha value is 1.07. The van der Waals surface area contributed by atoms with Gasteiger partial charge in [0.05, 0.1) is 0 Å². The number of hydrogen-bond donors (Lipinski definition) is 0. The Morgan fingerprint density at radius 2 is 1.93 bits per heavy atom. The molecular weight excluding hydrogens is 234 g/mol. The van der Waals surface area contributed by atoms with Crippen molar-refractivity contribution in [2.24, 2.45) is 17.8 Å². The summed E-state index contributed by atoms with van der Waals surface area (Å²) in [6.07, 6.45) is 4.02. The van der Waals surface area contributed by atoms with Gasteiger partial charge in [-0.3, -0.25) is 0 Å². The van der Waals surface area contributed by atoms with E-state index in [0.717, 1.165) is 12.3 Å². The number of hydrogen-bond acceptors (Lipinski definition) is 1. The molecule has 1 rings (SSSR count). The molecule has 0 aromatic carbocycles. The molecule has 0 aromatic heterocycles. The minimum atomic E-state index is -1.91. The predicted octanol–water partition coefficient (Wildman–Crippen LogP) is 3.93. The highest BCUT2D eigenvalue weighted by Gasteiger charge is 2.33. The summed E-state index contributed by atoms with van der Waals surface area (Å²) in [7, 11) is 11.6. The van der Waals surface area contributed by atoms with Crippen LogP contribution in [0.5, 0.6) is 0 Å². The largest absolute Gasteiger partial charge is 0.725 e. The first kappa shape index (κ1) is 13.1. The van der Waals surface area contributed by atoms with Crippen LogP contribution in [0.1, 0.15) is 40.0 Å². The van der Waals surface area contributed by atoms with Gasteiger partial charge in [-0.1, -0.05) is 27.2 Å². The third-order valence-electron chi connectivity index (χ3n) is 3.24. The maximum Gasteiger partial charge on any atom is 0.725 e. The molecule has 0 radical (unpaired) electrons. The van der Waals surface area contributed by atoms with E-state index in [-0.39, 0.29) is 0 Å². The Labute approximate surface area is 100 Å². The predicted molar refractivity (Wildman–Crippen MR) is 63.7 cm³/mol. The van der Waals surface area contributed by atoms with Crippen LogP contribution in [0.4, 0.5) is 0 Å². The van der Waals surface area contributed by atoms with Gasteiger partial charge in [0.25, 0.3) is 0 Å². The van der Waals surface area contributed by atoms with Crippen LogP contribution in [-0.2, 0) is 3.79 Å². The fraction of sp³-hybridized carbons (Fsp3) is 1.00. The van der Waals surface area contributed by atoms with E-state index in [0.29, 0.717) is 17.9 Å². The summed E-state index contributed by atoms with van der Waals surface area (Å²) in [5, 5.41) is 0. The summed E-state index contributed by atoms with van der Waals surface area (Å²) < 4.78 is 5.71. The van der Waals surface area contributed by atoms with Crippen LogP contribution >= 0.6 is 20.1 Å². The molecule has 1 nitrogen and oxygen atoms in total. The Kier molecular flexibility index (Phi) is 5.60. The standard InChI is InChI=1S/C10H19O.Al.2ClH/c1-7(2)9-5-4-8(3)6-10(9)11;;;/h7-10H,4-6H2,1-3H3;;2*1H/q-1;+3;;/p-2/t8-,9-,10+;;;/m0.../s1. The van der Waals surface area contributed by atoms with Crippen LogP contribution in [0.2, 0.25) is 0 Å². The highest BCUT2D eigenvalue weighted by Crippen LogP contribution is 2.35. The van der Waals surface area contributed by atoms with E-state index >= 15 is 0 Å². The van der Waals surface area contributed by atoms with Crippen molar-refractivity contribution in [2.75, 3.05) is 0 Å². The smallest absolute Gasteiger partial charge is 0.474 e. The summed E-state index contributed by atoms with van der Waals surface area (Å²) in [6, 6.07) is 0. The summed E-state index contributed by atoms with van der Waals surface area (Å²) in [5.74, 6) is 2.09. The van der Waals surface area contributed by atoms with Crippen molar-refractivity contribution in [1.82, 2.24) is 0 Å². The van der Waals surface area contributed by atoms with Gasteiger partial charge in [-0.15, -0.1) is 0 Å². The molecule has 0 saturated heterocycles. The van der Waals surface area contributed by atoms with E-state index in [1.807, 2.05) is 0 Å². The SMILES string of the molecule is CC(C)[C@@H]1CC[C@H](C)C[C@H]1[O][Al]([Cl])[Cl]. The Morgan fingerprint density at radius 3 is 2.43 bits per heavy atom. The van der Waals surface area contributed by atoms with Crippen LogP contribution in [0, 0.1) is 17.8 Å². The highest BCUT2D eigenvalue weighted by atomic mass is 35.7. The lowest BCUT2D eigenvalue weighted by Gasteiger charge is -2.38. The molecule has 0 spiro atoms. The van der Waals surface area contributed by atoms with Gasteiger partial charge in [0.1, 0.15) is 0 Å². The lowest BCUT2D eigenvalue weighted by molar-refractivity contribution is 0.0497. The first-order valence-electron chi connectivity index (χ1n) is 5.44. The third kappa shape index (κ3) is 3.91. The molecule has 0 amide bonds. The van der Waals surface area contributed by atoms with Gasteiger partial charge in [0.2, 0.25) is 0 Å². The zero-order valence-corrected chi connectivity index (χ0v) is 11.8. The van der Waals surface area contributed by atoms with Crippen molar-refractivity contribution in [3.8, 4) is 0 Å². The molecule has 0 aromatic rings. The normalized spacial score (nSPS) is 33.4. The molecule has 0 heterocycles. The molecule has 0 N–H and O–H groups in total. The average Bonchev–Trinajstić information content (AvgIpc) is 2.01. The van der Waals surface area contributed by atoms with E-state index in [1.165, 1.54) is 12.8 Å². The maximum absolute atomic E-state index is 5.81. The Balaban J connectivity index is 2.54. The molecule has 0 unspecified atom stereocenters. The molecule has 1 saturated carbocycles. The van der Waals surface area contributed by atoms with E-state index in [9.17, 15) is 0 Å². The molecule has 4 heteroatoms. The lowest BCUT2D eigenvalue weighted by atomic mass is 9.75. The first-order valence-corrected chi connectivity index (χ1v) is 9.40. The average molecular weight is 253 g/mol. The Bertz CT molecular complexity index is 174. The van der Waals surface area contributed by atoms with Crippen LogP contribution in [0.15, 0.2) is 0 Å². The molecule has 14 heavy (non-hydrogen) atoms. The van der Waals surface area contributed by atoms with Crippen LogP contribution in [0.3, 0.4) is 0 Å². The van der Waals surface area contributed by atoms with Gasteiger partial charge in [-0.25, -0.2) is 0 Å². The van der Waals surface area contributed by atoms with Gasteiger partial charge in [0.15, 0.2) is 0 Å². The van der Waals surface area contributed by atoms with Gasteiger partial charge in [0, 0.05) is 6.10 Å². The van der Waals surface area contributed by atoms with Crippen LogP contribution in [-0.4, -0.2) is 18.7 Å². The monoisotopic (exact) mass is 252 g/mol. The summed E-state index contributed by atoms with van der Waals surface area (Å²) in [6.45, 7) is 6.80. The minimum absolute atomic E-state index is 0.311. The molecular formula is C10H19AlCl2O. The molecule has 82 valence electrons. The minimum Gasteiger partial charge on any atom is -0.474 e. The van der Waals surface area contributed by atoms with Crippen molar-refractivity contribution in [3.63, 3.8) is 0 Å². The second kappa shape index (κ2) is 5.97. The van der Waals surface area contributed by atoms with Crippen molar-refractivity contribution < 1.29 is 3.79 Å². The molecule has 1 aliphatic rings. The maximum atomic E-state index is 5.81. The second-order valence-corrected chi connectivity index (χ2v) is 8.60. The van der Waals surface area contributed by atoms with Crippen molar-refractivity contribution in [3.05, 3.63) is 0 Å². The lowest BCUT2D eigenvalue weighted by Crippen LogP contribution is -2.36. The van der Waals surface area contributed by atoms with Gasteiger partial charge in [-0.05, 0) is 30.6 Å². The van der Waals surface area contributed by atoms with Crippen molar-refractivity contribution >= 4 is 32.7 Å². The zero-order valence-electron chi connectivity index (χ0n) is 9.17. The molecule has 1 fully saturated rings. The molecule has 3 atom stereocenters. The topological polar surface area (TPSA) is 9.23 Å². The van der Waals surface area contributed by atoms with E-state index in [1.54, 1.807) is 0 Å². The van der Waals surface area contributed by atoms with Gasteiger partial charge >= 0.3 is 12.6 Å². The third-order valence-corrected chi connectivity index (χ3v) is 4.41. The zero-order chi connectivity index (χ0) is 10.7. The van der Waals surface area contributed by atoms with Crippen molar-refractivity contribution in [1.29, 1.82) is 0 Å². The fourth-order valence-corrected chi connectivity index (χ4v) is 3.77. The number of rotatable bonds is 3. The Morgan fingerprint density at radius 1 is 1.29 bits per heavy atom. The summed E-state index contributed by atoms with van der Waals surface area (Å²) in [5.41, 5.74) is 0. The second-order valence-electron chi connectivity index (χ2n) is 4.76. The van der Waals surface area contributed by atoms with Gasteiger partial charge in [-0.2, -0.15) is 20.1 Å². The quantitative estimate of drug-likeness (QED) is 0.692. The fourth-order valence-electron chi connectivity index (χ4n) is 2.40. The van der Waals surface area contributed by atoms with E-state index < -0.39 is 12.6 Å². The number of halogens is 2. The van der Waals surface area contributed by atoms with Crippen LogP contribution in [0.25, 0.3) is 0 Å². The van der Waals surface area contributed by atoms with Gasteiger partial charge < -0.3 is 3.79 Å². The van der Waals surface area contributed by atoms with E-state index in [4.69, 9.17) is 23.9 Å².